The van der Waals surface area contributed by atoms with Crippen molar-refractivity contribution in [3.05, 3.63) is 52.5 Å². The molecule has 0 bridgehead atoms. The monoisotopic (exact) mass is 372 g/mol. The van der Waals surface area contributed by atoms with Crippen LogP contribution in [0.5, 0.6) is 5.75 Å². The van der Waals surface area contributed by atoms with E-state index in [0.717, 1.165) is 23.5 Å². The number of alkyl halides is 3. The number of phenolic OH excluding ortho intramolecular Hbond substituents is 1. The number of nitrogens with one attached hydrogen (secondary N) is 1. The molecule has 0 aliphatic carbocycles. The first-order chi connectivity index (χ1) is 11.2. The van der Waals surface area contributed by atoms with E-state index in [1.807, 2.05) is 0 Å². The van der Waals surface area contributed by atoms with Crippen molar-refractivity contribution in [2.24, 2.45) is 0 Å². The third-order valence-corrected chi connectivity index (χ3v) is 4.33. The Morgan fingerprint density at radius 1 is 1.21 bits per heavy atom. The first-order valence-corrected chi connectivity index (χ1v) is 7.71. The summed E-state index contributed by atoms with van der Waals surface area (Å²) in [6.45, 7) is 0. The molecule has 1 aromatic heterocycles. The molecule has 3 aromatic rings. The minimum atomic E-state index is -4.46. The summed E-state index contributed by atoms with van der Waals surface area (Å²) in [6.07, 6.45) is -4.46. The van der Waals surface area contributed by atoms with E-state index in [4.69, 9.17) is 11.6 Å². The number of rotatable bonds is 2. The van der Waals surface area contributed by atoms with E-state index in [1.54, 1.807) is 0 Å². The van der Waals surface area contributed by atoms with Crippen LogP contribution in [-0.4, -0.2) is 16.0 Å². The third-order valence-electron chi connectivity index (χ3n) is 3.14. The highest BCUT2D eigenvalue weighted by molar-refractivity contribution is 7.22. The Labute approximate surface area is 142 Å². The summed E-state index contributed by atoms with van der Waals surface area (Å²) in [5.41, 5.74) is -0.746. The highest BCUT2D eigenvalue weighted by Gasteiger charge is 2.30. The molecule has 0 saturated carbocycles. The van der Waals surface area contributed by atoms with E-state index >= 15 is 0 Å². The van der Waals surface area contributed by atoms with Gasteiger partial charge >= 0.3 is 6.18 Å². The van der Waals surface area contributed by atoms with Crippen LogP contribution < -0.4 is 5.32 Å². The van der Waals surface area contributed by atoms with Crippen molar-refractivity contribution in [3.8, 4) is 5.75 Å². The van der Waals surface area contributed by atoms with E-state index in [9.17, 15) is 23.1 Å². The summed E-state index contributed by atoms with van der Waals surface area (Å²) < 4.78 is 38.6. The number of hydrogen-bond donors (Lipinski definition) is 2. The second kappa shape index (κ2) is 5.95. The van der Waals surface area contributed by atoms with Crippen molar-refractivity contribution in [1.82, 2.24) is 4.98 Å². The molecule has 9 heteroatoms. The number of anilines is 1. The lowest BCUT2D eigenvalue weighted by Crippen LogP contribution is -2.11. The zero-order valence-corrected chi connectivity index (χ0v) is 13.3. The van der Waals surface area contributed by atoms with Crippen LogP contribution in [0.15, 0.2) is 36.4 Å². The molecule has 124 valence electrons. The van der Waals surface area contributed by atoms with Crippen molar-refractivity contribution in [1.29, 1.82) is 0 Å². The minimum absolute atomic E-state index is 0.0577. The normalized spacial score (nSPS) is 11.7. The molecule has 0 spiro atoms. The van der Waals surface area contributed by atoms with Gasteiger partial charge in [0.05, 0.1) is 21.3 Å². The highest BCUT2D eigenvalue weighted by atomic mass is 35.5. The summed E-state index contributed by atoms with van der Waals surface area (Å²) >= 11 is 6.80. The van der Waals surface area contributed by atoms with E-state index in [-0.39, 0.29) is 27.0 Å². The van der Waals surface area contributed by atoms with E-state index in [2.05, 4.69) is 10.3 Å². The number of benzene rings is 2. The molecule has 1 amide bonds. The maximum atomic E-state index is 12.7. The van der Waals surface area contributed by atoms with Crippen LogP contribution in [0.1, 0.15) is 15.9 Å². The first-order valence-electron chi connectivity index (χ1n) is 6.52. The van der Waals surface area contributed by atoms with Gasteiger partial charge in [0, 0.05) is 5.02 Å². The minimum Gasteiger partial charge on any atom is -0.507 e. The summed E-state index contributed by atoms with van der Waals surface area (Å²) in [5, 5.41) is 12.5. The van der Waals surface area contributed by atoms with Crippen LogP contribution >= 0.6 is 22.9 Å². The van der Waals surface area contributed by atoms with E-state index in [1.165, 1.54) is 24.3 Å². The number of amides is 1. The second-order valence-corrected chi connectivity index (χ2v) is 6.28. The van der Waals surface area contributed by atoms with Crippen LogP contribution in [0.4, 0.5) is 18.3 Å². The molecular weight excluding hydrogens is 365 g/mol. The predicted octanol–water partition coefficient (Wildman–Crippen LogP) is 4.93. The number of carbonyl (C=O) groups excluding carboxylic acids is 1. The number of halogens is 4. The zero-order valence-electron chi connectivity index (χ0n) is 11.7. The third kappa shape index (κ3) is 3.29. The quantitative estimate of drug-likeness (QED) is 0.670. The number of thiazole rings is 1. The molecule has 2 aromatic carbocycles. The number of phenols is 1. The van der Waals surface area contributed by atoms with E-state index in [0.29, 0.717) is 4.70 Å². The SMILES string of the molecule is O=C(Nc1nc2cc(C(F)(F)F)ccc2s1)c1cc(Cl)ccc1O. The Kier molecular flexibility index (Phi) is 4.10. The number of hydrogen-bond acceptors (Lipinski definition) is 4. The number of carbonyl (C=O) groups is 1. The Hall–Kier alpha value is -2.32. The summed E-state index contributed by atoms with van der Waals surface area (Å²) in [6, 6.07) is 7.13. The smallest absolute Gasteiger partial charge is 0.416 e. The lowest BCUT2D eigenvalue weighted by Gasteiger charge is -2.05. The van der Waals surface area contributed by atoms with Crippen LogP contribution in [0.2, 0.25) is 5.02 Å². The van der Waals surface area contributed by atoms with Crippen LogP contribution in [0.3, 0.4) is 0 Å². The predicted molar refractivity (Wildman–Crippen MR) is 85.7 cm³/mol. The van der Waals surface area contributed by atoms with Gasteiger partial charge in [-0.3, -0.25) is 10.1 Å². The van der Waals surface area contributed by atoms with Crippen LogP contribution in [0.25, 0.3) is 10.2 Å². The standard InChI is InChI=1S/C15H8ClF3N2O2S/c16-8-2-3-11(22)9(6-8)13(23)21-14-20-10-5-7(15(17,18)19)1-4-12(10)24-14/h1-6,22H,(H,20,21,23). The average Bonchev–Trinajstić information content (AvgIpc) is 2.89. The fourth-order valence-electron chi connectivity index (χ4n) is 2.01. The number of aromatic hydroxyl groups is 1. The molecule has 0 aliphatic rings. The van der Waals surface area contributed by atoms with Gasteiger partial charge in [-0.15, -0.1) is 0 Å². The fraction of sp³-hybridized carbons (Fsp3) is 0.0667. The van der Waals surface area contributed by atoms with Gasteiger partial charge in [-0.2, -0.15) is 13.2 Å². The first kappa shape index (κ1) is 16.5. The topological polar surface area (TPSA) is 62.2 Å². The number of aromatic nitrogens is 1. The van der Waals surface area contributed by atoms with Crippen molar-refractivity contribution in [3.63, 3.8) is 0 Å². The molecule has 2 N–H and O–H groups in total. The number of fused-ring (bicyclic) bond motifs is 1. The molecule has 1 heterocycles. The van der Waals surface area contributed by atoms with Gasteiger partial charge in [0.15, 0.2) is 5.13 Å². The molecule has 0 unspecified atom stereocenters. The van der Waals surface area contributed by atoms with Crippen molar-refractivity contribution >= 4 is 44.2 Å². The summed E-state index contributed by atoms with van der Waals surface area (Å²) in [4.78, 5) is 16.1. The molecular formula is C15H8ClF3N2O2S. The Balaban J connectivity index is 1.90. The Morgan fingerprint density at radius 3 is 2.67 bits per heavy atom. The molecule has 0 aliphatic heterocycles. The van der Waals surface area contributed by atoms with Gasteiger partial charge < -0.3 is 5.11 Å². The van der Waals surface area contributed by atoms with Gasteiger partial charge in [-0.05, 0) is 36.4 Å². The largest absolute Gasteiger partial charge is 0.507 e. The molecule has 3 rings (SSSR count). The molecule has 0 saturated heterocycles. The van der Waals surface area contributed by atoms with Crippen LogP contribution in [0, 0.1) is 0 Å². The lowest BCUT2D eigenvalue weighted by atomic mass is 10.2. The highest BCUT2D eigenvalue weighted by Crippen LogP contribution is 2.34. The molecule has 0 radical (unpaired) electrons. The molecule has 0 atom stereocenters. The number of nitrogens with zero attached hydrogens (tertiary/aromatic N) is 1. The van der Waals surface area contributed by atoms with Gasteiger partial charge in [0.25, 0.3) is 5.91 Å². The Morgan fingerprint density at radius 2 is 1.96 bits per heavy atom. The van der Waals surface area contributed by atoms with Gasteiger partial charge in [0.1, 0.15) is 5.75 Å². The van der Waals surface area contributed by atoms with Gasteiger partial charge in [0.2, 0.25) is 0 Å². The maximum absolute atomic E-state index is 12.7. The van der Waals surface area contributed by atoms with Crippen molar-refractivity contribution in [2.45, 2.75) is 6.18 Å². The second-order valence-electron chi connectivity index (χ2n) is 4.81. The van der Waals surface area contributed by atoms with Gasteiger partial charge in [-0.1, -0.05) is 22.9 Å². The molecule has 24 heavy (non-hydrogen) atoms. The fourth-order valence-corrected chi connectivity index (χ4v) is 3.03. The van der Waals surface area contributed by atoms with Crippen molar-refractivity contribution < 1.29 is 23.1 Å². The Bertz CT molecular complexity index is 940. The van der Waals surface area contributed by atoms with Gasteiger partial charge in [-0.25, -0.2) is 4.98 Å². The lowest BCUT2D eigenvalue weighted by molar-refractivity contribution is -0.137. The van der Waals surface area contributed by atoms with E-state index < -0.39 is 17.6 Å². The molecule has 4 nitrogen and oxygen atoms in total. The average molecular weight is 373 g/mol. The summed E-state index contributed by atoms with van der Waals surface area (Å²) in [5.74, 6) is -0.928. The summed E-state index contributed by atoms with van der Waals surface area (Å²) in [7, 11) is 0. The maximum Gasteiger partial charge on any atom is 0.416 e. The van der Waals surface area contributed by atoms with Crippen molar-refractivity contribution in [2.75, 3.05) is 5.32 Å². The van der Waals surface area contributed by atoms with Crippen LogP contribution in [-0.2, 0) is 6.18 Å². The molecule has 0 fully saturated rings. The zero-order chi connectivity index (χ0) is 17.5.